The van der Waals surface area contributed by atoms with Crippen LogP contribution in [0.1, 0.15) is 50.1 Å². The van der Waals surface area contributed by atoms with E-state index in [9.17, 15) is 0 Å². The predicted molar refractivity (Wildman–Crippen MR) is 85.5 cm³/mol. The van der Waals surface area contributed by atoms with Crippen LogP contribution in [0.15, 0.2) is 22.7 Å². The summed E-state index contributed by atoms with van der Waals surface area (Å²) in [6.07, 6.45) is 8.82. The molecule has 120 valence electrons. The number of aryl methyl sites for hydroxylation is 1. The molecule has 5 nitrogen and oxygen atoms in total. The molecular weight excluding hydrogens is 288 g/mol. The van der Waals surface area contributed by atoms with Gasteiger partial charge in [0, 0.05) is 17.4 Å². The molecule has 0 spiro atoms. The number of hydrogen-bond donors (Lipinski definition) is 1. The van der Waals surface area contributed by atoms with Gasteiger partial charge < -0.3 is 10.2 Å². The van der Waals surface area contributed by atoms with Gasteiger partial charge in [0.1, 0.15) is 0 Å². The van der Waals surface area contributed by atoms with Crippen molar-refractivity contribution in [1.29, 1.82) is 0 Å². The summed E-state index contributed by atoms with van der Waals surface area (Å²) in [6.45, 7) is 1.97. The fourth-order valence-corrected chi connectivity index (χ4v) is 5.73. The van der Waals surface area contributed by atoms with E-state index >= 15 is 0 Å². The molecule has 23 heavy (non-hydrogen) atoms. The van der Waals surface area contributed by atoms with Crippen LogP contribution in [0, 0.1) is 18.8 Å². The summed E-state index contributed by atoms with van der Waals surface area (Å²) in [6, 6.07) is 3.96. The van der Waals surface area contributed by atoms with Gasteiger partial charge in [0.15, 0.2) is 0 Å². The maximum atomic E-state index is 6.68. The topological polar surface area (TPSA) is 77.8 Å². The highest BCUT2D eigenvalue weighted by Gasteiger charge is 2.59. The van der Waals surface area contributed by atoms with Crippen LogP contribution in [0.25, 0.3) is 11.5 Å². The van der Waals surface area contributed by atoms with Gasteiger partial charge in [0.25, 0.3) is 0 Å². The molecule has 5 heteroatoms. The van der Waals surface area contributed by atoms with E-state index in [0.29, 0.717) is 5.89 Å². The smallest absolute Gasteiger partial charge is 0.249 e. The van der Waals surface area contributed by atoms with Gasteiger partial charge in [-0.05, 0) is 69.4 Å². The Morgan fingerprint density at radius 3 is 2.57 bits per heavy atom. The lowest BCUT2D eigenvalue weighted by molar-refractivity contribution is -0.0338. The first-order valence-corrected chi connectivity index (χ1v) is 8.60. The fraction of sp³-hybridized carbons (Fsp3) is 0.611. The summed E-state index contributed by atoms with van der Waals surface area (Å²) in [5, 5.41) is 8.73. The van der Waals surface area contributed by atoms with Crippen LogP contribution in [0.2, 0.25) is 0 Å². The van der Waals surface area contributed by atoms with Crippen molar-refractivity contribution in [2.75, 3.05) is 0 Å². The van der Waals surface area contributed by atoms with Crippen LogP contribution in [-0.2, 0) is 5.41 Å². The second kappa shape index (κ2) is 4.41. The van der Waals surface area contributed by atoms with E-state index < -0.39 is 0 Å². The molecule has 4 aliphatic carbocycles. The Morgan fingerprint density at radius 2 is 1.91 bits per heavy atom. The molecule has 0 radical (unpaired) electrons. The molecule has 0 amide bonds. The molecule has 2 N–H and O–H groups in total. The molecule has 6 rings (SSSR count). The van der Waals surface area contributed by atoms with Gasteiger partial charge in [-0.1, -0.05) is 0 Å². The first-order valence-electron chi connectivity index (χ1n) is 8.60. The van der Waals surface area contributed by atoms with Gasteiger partial charge >= 0.3 is 0 Å². The number of nitrogens with two attached hydrogens (primary N) is 1. The zero-order valence-corrected chi connectivity index (χ0v) is 13.5. The third-order valence-corrected chi connectivity index (χ3v) is 6.14. The number of aromatic nitrogens is 3. The molecule has 4 bridgehead atoms. The van der Waals surface area contributed by atoms with Gasteiger partial charge in [-0.15, -0.1) is 10.2 Å². The first-order chi connectivity index (χ1) is 11.0. The zero-order valence-electron chi connectivity index (χ0n) is 13.5. The first kappa shape index (κ1) is 13.7. The van der Waals surface area contributed by atoms with E-state index in [0.717, 1.165) is 48.2 Å². The minimum atomic E-state index is -0.00979. The molecule has 0 aliphatic heterocycles. The van der Waals surface area contributed by atoms with E-state index in [1.165, 1.54) is 19.3 Å². The molecule has 2 aromatic heterocycles. The van der Waals surface area contributed by atoms with Gasteiger partial charge in [0.05, 0.1) is 11.0 Å². The van der Waals surface area contributed by atoms with Crippen molar-refractivity contribution in [3.05, 3.63) is 29.9 Å². The molecule has 0 saturated heterocycles. The average molecular weight is 310 g/mol. The lowest BCUT2D eigenvalue weighted by atomic mass is 9.47. The average Bonchev–Trinajstić information content (AvgIpc) is 2.96. The SMILES string of the molecule is Cc1ccc(-c2nnc(C34CC5CC(CC(N)(C5)C3)C4)o2)cn1. The number of nitrogens with zero attached hydrogens (tertiary/aromatic N) is 3. The summed E-state index contributed by atoms with van der Waals surface area (Å²) in [5.74, 6) is 2.85. The minimum absolute atomic E-state index is 0.00979. The predicted octanol–water partition coefficient (Wildman–Crippen LogP) is 2.99. The molecule has 4 fully saturated rings. The second-order valence-electron chi connectivity index (χ2n) is 8.20. The van der Waals surface area contributed by atoms with Gasteiger partial charge in [-0.2, -0.15) is 0 Å². The van der Waals surface area contributed by atoms with Crippen LogP contribution in [0.5, 0.6) is 0 Å². The van der Waals surface area contributed by atoms with Crippen molar-refractivity contribution in [3.8, 4) is 11.5 Å². The molecule has 2 heterocycles. The van der Waals surface area contributed by atoms with Gasteiger partial charge in [-0.25, -0.2) is 0 Å². The largest absolute Gasteiger partial charge is 0.420 e. The zero-order chi connectivity index (χ0) is 15.7. The highest BCUT2D eigenvalue weighted by atomic mass is 16.4. The van der Waals surface area contributed by atoms with Crippen molar-refractivity contribution in [2.45, 2.75) is 56.4 Å². The fourth-order valence-electron chi connectivity index (χ4n) is 5.73. The molecule has 2 unspecified atom stereocenters. The van der Waals surface area contributed by atoms with E-state index in [-0.39, 0.29) is 11.0 Å². The molecule has 2 atom stereocenters. The Labute approximate surface area is 135 Å². The summed E-state index contributed by atoms with van der Waals surface area (Å²) in [4.78, 5) is 4.32. The van der Waals surface area contributed by atoms with Crippen LogP contribution >= 0.6 is 0 Å². The standard InChI is InChI=1S/C18H22N4O/c1-11-2-3-14(9-20-11)15-21-22-16(23-15)17-5-12-4-13(6-17)8-18(19,7-12)10-17/h2-3,9,12-13H,4-8,10,19H2,1H3. The highest BCUT2D eigenvalue weighted by molar-refractivity contribution is 5.50. The van der Waals surface area contributed by atoms with Crippen molar-refractivity contribution < 1.29 is 4.42 Å². The number of pyridine rings is 1. The van der Waals surface area contributed by atoms with Crippen LogP contribution in [0.4, 0.5) is 0 Å². The molecule has 4 aliphatic rings. The van der Waals surface area contributed by atoms with Crippen LogP contribution in [0.3, 0.4) is 0 Å². The summed E-state index contributed by atoms with van der Waals surface area (Å²) in [5.41, 5.74) is 8.56. The van der Waals surface area contributed by atoms with Gasteiger partial charge in [-0.3, -0.25) is 4.98 Å². The number of hydrogen-bond acceptors (Lipinski definition) is 5. The second-order valence-corrected chi connectivity index (χ2v) is 8.20. The van der Waals surface area contributed by atoms with Gasteiger partial charge in [0.2, 0.25) is 11.8 Å². The highest BCUT2D eigenvalue weighted by Crippen LogP contribution is 2.61. The molecule has 0 aromatic carbocycles. The van der Waals surface area contributed by atoms with Crippen LogP contribution in [-0.4, -0.2) is 20.7 Å². The van der Waals surface area contributed by atoms with Crippen molar-refractivity contribution >= 4 is 0 Å². The summed E-state index contributed by atoms with van der Waals surface area (Å²) in [7, 11) is 0. The number of rotatable bonds is 2. The Balaban J connectivity index is 1.52. The Hall–Kier alpha value is -1.75. The van der Waals surface area contributed by atoms with E-state index in [4.69, 9.17) is 10.2 Å². The molecular formula is C18H22N4O. The third kappa shape index (κ3) is 2.06. The summed E-state index contributed by atoms with van der Waals surface area (Å²) >= 11 is 0. The quantitative estimate of drug-likeness (QED) is 0.922. The van der Waals surface area contributed by atoms with E-state index in [2.05, 4.69) is 15.2 Å². The lowest BCUT2D eigenvalue weighted by Gasteiger charge is -2.59. The Kier molecular flexibility index (Phi) is 2.62. The van der Waals surface area contributed by atoms with Crippen molar-refractivity contribution in [3.63, 3.8) is 0 Å². The van der Waals surface area contributed by atoms with Crippen molar-refractivity contribution in [2.24, 2.45) is 17.6 Å². The third-order valence-electron chi connectivity index (χ3n) is 6.14. The van der Waals surface area contributed by atoms with E-state index in [1.807, 2.05) is 19.1 Å². The maximum Gasteiger partial charge on any atom is 0.249 e. The van der Waals surface area contributed by atoms with Crippen LogP contribution < -0.4 is 5.73 Å². The Bertz CT molecular complexity index is 737. The maximum absolute atomic E-state index is 6.68. The van der Waals surface area contributed by atoms with E-state index in [1.54, 1.807) is 6.20 Å². The molecule has 2 aromatic rings. The van der Waals surface area contributed by atoms with Crippen molar-refractivity contribution in [1.82, 2.24) is 15.2 Å². The molecule has 4 saturated carbocycles. The lowest BCUT2D eigenvalue weighted by Crippen LogP contribution is -2.61. The normalized spacial score (nSPS) is 38.2. The summed E-state index contributed by atoms with van der Waals surface area (Å²) < 4.78 is 6.12. The Morgan fingerprint density at radius 1 is 1.13 bits per heavy atom. The monoisotopic (exact) mass is 310 g/mol. The minimum Gasteiger partial charge on any atom is -0.420 e.